The molecule has 2 fully saturated rings. The number of likely N-dealkylation sites (tertiary alicyclic amines) is 2. The average molecular weight is 422 g/mol. The maximum Gasteiger partial charge on any atom is 0.254 e. The summed E-state index contributed by atoms with van der Waals surface area (Å²) in [6.45, 7) is 5.37. The van der Waals surface area contributed by atoms with Crippen molar-refractivity contribution in [1.29, 1.82) is 0 Å². The Hall–Kier alpha value is -2.80. The number of carbonyl (C=O) groups is 2. The van der Waals surface area contributed by atoms with Gasteiger partial charge >= 0.3 is 0 Å². The molecule has 0 saturated carbocycles. The van der Waals surface area contributed by atoms with E-state index in [9.17, 15) is 9.59 Å². The van der Waals surface area contributed by atoms with Crippen molar-refractivity contribution in [1.82, 2.24) is 25.1 Å². The van der Waals surface area contributed by atoms with Gasteiger partial charge in [-0.05, 0) is 44.7 Å². The van der Waals surface area contributed by atoms with Crippen LogP contribution in [-0.4, -0.2) is 57.8 Å². The van der Waals surface area contributed by atoms with Gasteiger partial charge in [0.1, 0.15) is 5.82 Å². The monoisotopic (exact) mass is 421 g/mol. The van der Waals surface area contributed by atoms with Crippen molar-refractivity contribution in [3.8, 4) is 0 Å². The van der Waals surface area contributed by atoms with Crippen LogP contribution in [0.15, 0.2) is 36.5 Å². The zero-order chi connectivity index (χ0) is 21.6. The number of hydrogen-bond acceptors (Lipinski definition) is 5. The Balaban J connectivity index is 1.42. The summed E-state index contributed by atoms with van der Waals surface area (Å²) in [5, 5.41) is 2.94. The van der Waals surface area contributed by atoms with Crippen LogP contribution in [0.4, 0.5) is 0 Å². The highest BCUT2D eigenvalue weighted by molar-refractivity contribution is 5.94. The zero-order valence-corrected chi connectivity index (χ0v) is 18.2. The highest BCUT2D eigenvalue weighted by Gasteiger charge is 2.30. The standard InChI is InChI=1S/C24H31N5O2/c1-18-20(24(31)26-15-19-9-3-2-4-10-19)16-25-23(27-18)21-11-5-6-14-29(21)17-22(30)28-12-7-8-13-28/h2-4,9-10,16,21H,5-8,11-15,17H2,1H3,(H,26,31)/t21-/m0/s1. The molecule has 2 aromatic rings. The lowest BCUT2D eigenvalue weighted by Gasteiger charge is -2.35. The van der Waals surface area contributed by atoms with E-state index in [4.69, 9.17) is 0 Å². The minimum absolute atomic E-state index is 0.0282. The summed E-state index contributed by atoms with van der Waals surface area (Å²) in [6, 6.07) is 9.85. The van der Waals surface area contributed by atoms with Gasteiger partial charge in [-0.3, -0.25) is 14.5 Å². The Bertz CT molecular complexity index is 911. The van der Waals surface area contributed by atoms with E-state index in [1.807, 2.05) is 42.2 Å². The lowest BCUT2D eigenvalue weighted by Crippen LogP contribution is -2.43. The highest BCUT2D eigenvalue weighted by Crippen LogP contribution is 2.29. The minimum Gasteiger partial charge on any atom is -0.348 e. The second-order valence-corrected chi connectivity index (χ2v) is 8.47. The van der Waals surface area contributed by atoms with Gasteiger partial charge in [0.15, 0.2) is 0 Å². The van der Waals surface area contributed by atoms with Crippen molar-refractivity contribution in [3.05, 3.63) is 59.2 Å². The van der Waals surface area contributed by atoms with Crippen LogP contribution in [0.25, 0.3) is 0 Å². The molecule has 1 N–H and O–H groups in total. The van der Waals surface area contributed by atoms with Crippen LogP contribution in [0, 0.1) is 6.92 Å². The third-order valence-electron chi connectivity index (χ3n) is 6.25. The maximum absolute atomic E-state index is 12.7. The number of rotatable bonds is 6. The SMILES string of the molecule is Cc1nc([C@@H]2CCCCN2CC(=O)N2CCCC2)ncc1C(=O)NCc1ccccc1. The van der Waals surface area contributed by atoms with E-state index in [-0.39, 0.29) is 17.9 Å². The number of hydrogen-bond donors (Lipinski definition) is 1. The quantitative estimate of drug-likeness (QED) is 0.776. The number of aromatic nitrogens is 2. The maximum atomic E-state index is 12.7. The summed E-state index contributed by atoms with van der Waals surface area (Å²) in [6.07, 6.45) is 6.96. The summed E-state index contributed by atoms with van der Waals surface area (Å²) in [5.41, 5.74) is 2.22. The number of benzene rings is 1. The Labute approximate surface area is 183 Å². The lowest BCUT2D eigenvalue weighted by molar-refractivity contribution is -0.132. The van der Waals surface area contributed by atoms with Gasteiger partial charge in [-0.25, -0.2) is 9.97 Å². The molecule has 0 unspecified atom stereocenters. The lowest BCUT2D eigenvalue weighted by atomic mass is 10.0. The van der Waals surface area contributed by atoms with Crippen molar-refractivity contribution in [2.24, 2.45) is 0 Å². The van der Waals surface area contributed by atoms with Gasteiger partial charge in [0.25, 0.3) is 5.91 Å². The average Bonchev–Trinajstić information content (AvgIpc) is 3.34. The number of nitrogens with zero attached hydrogens (tertiary/aromatic N) is 4. The van der Waals surface area contributed by atoms with E-state index in [1.54, 1.807) is 6.20 Å². The Morgan fingerprint density at radius 2 is 1.81 bits per heavy atom. The van der Waals surface area contributed by atoms with Crippen LogP contribution in [0.5, 0.6) is 0 Å². The van der Waals surface area contributed by atoms with Crippen LogP contribution < -0.4 is 5.32 Å². The first-order valence-electron chi connectivity index (χ1n) is 11.3. The van der Waals surface area contributed by atoms with Crippen LogP contribution in [0.1, 0.15) is 65.6 Å². The fourth-order valence-electron chi connectivity index (χ4n) is 4.45. The summed E-state index contributed by atoms with van der Waals surface area (Å²) < 4.78 is 0. The van der Waals surface area contributed by atoms with Crippen LogP contribution in [-0.2, 0) is 11.3 Å². The second-order valence-electron chi connectivity index (χ2n) is 8.47. The fraction of sp³-hybridized carbons (Fsp3) is 0.500. The van der Waals surface area contributed by atoms with E-state index >= 15 is 0 Å². The van der Waals surface area contributed by atoms with Gasteiger partial charge in [-0.2, -0.15) is 0 Å². The number of piperidine rings is 1. The first kappa shape index (κ1) is 21.4. The van der Waals surface area contributed by atoms with Crippen molar-refractivity contribution >= 4 is 11.8 Å². The molecule has 0 bridgehead atoms. The summed E-state index contributed by atoms with van der Waals surface area (Å²) in [5.74, 6) is 0.752. The molecule has 2 saturated heterocycles. The molecular formula is C24H31N5O2. The van der Waals surface area contributed by atoms with Crippen molar-refractivity contribution in [2.45, 2.75) is 51.6 Å². The Kier molecular flexibility index (Phi) is 6.92. The molecule has 1 atom stereocenters. The number of amides is 2. The molecule has 2 amide bonds. The van der Waals surface area contributed by atoms with Crippen molar-refractivity contribution < 1.29 is 9.59 Å². The second kappa shape index (κ2) is 10.0. The van der Waals surface area contributed by atoms with E-state index < -0.39 is 0 Å². The molecule has 0 aliphatic carbocycles. The molecule has 1 aromatic heterocycles. The molecule has 31 heavy (non-hydrogen) atoms. The third-order valence-corrected chi connectivity index (χ3v) is 6.25. The fourth-order valence-corrected chi connectivity index (χ4v) is 4.45. The molecule has 0 spiro atoms. The van der Waals surface area contributed by atoms with Gasteiger partial charge < -0.3 is 10.2 Å². The van der Waals surface area contributed by atoms with Crippen molar-refractivity contribution in [3.63, 3.8) is 0 Å². The van der Waals surface area contributed by atoms with E-state index in [2.05, 4.69) is 20.2 Å². The Morgan fingerprint density at radius 3 is 2.55 bits per heavy atom. The molecule has 164 valence electrons. The van der Waals surface area contributed by atoms with E-state index in [0.717, 1.165) is 57.3 Å². The number of carbonyl (C=O) groups excluding carboxylic acids is 2. The van der Waals surface area contributed by atoms with Crippen molar-refractivity contribution in [2.75, 3.05) is 26.2 Å². The van der Waals surface area contributed by atoms with E-state index in [1.165, 1.54) is 0 Å². The molecule has 2 aliphatic heterocycles. The van der Waals surface area contributed by atoms with Gasteiger partial charge in [-0.1, -0.05) is 36.8 Å². The van der Waals surface area contributed by atoms with E-state index in [0.29, 0.717) is 30.2 Å². The van der Waals surface area contributed by atoms with Crippen LogP contribution in [0.2, 0.25) is 0 Å². The normalized spacial score (nSPS) is 19.4. The molecule has 7 nitrogen and oxygen atoms in total. The largest absolute Gasteiger partial charge is 0.348 e. The van der Waals surface area contributed by atoms with Crippen LogP contribution in [0.3, 0.4) is 0 Å². The highest BCUT2D eigenvalue weighted by atomic mass is 16.2. The van der Waals surface area contributed by atoms with Gasteiger partial charge in [0.05, 0.1) is 23.8 Å². The Morgan fingerprint density at radius 1 is 1.06 bits per heavy atom. The molecule has 3 heterocycles. The molecule has 0 radical (unpaired) electrons. The summed E-state index contributed by atoms with van der Waals surface area (Å²) >= 11 is 0. The molecule has 1 aromatic carbocycles. The molecular weight excluding hydrogens is 390 g/mol. The first-order chi connectivity index (χ1) is 15.1. The summed E-state index contributed by atoms with van der Waals surface area (Å²) in [4.78, 5) is 38.7. The molecule has 7 heteroatoms. The number of aryl methyl sites for hydroxylation is 1. The third kappa shape index (κ3) is 5.28. The van der Waals surface area contributed by atoms with Gasteiger partial charge in [-0.15, -0.1) is 0 Å². The molecule has 4 rings (SSSR count). The predicted molar refractivity (Wildman–Crippen MR) is 118 cm³/mol. The first-order valence-corrected chi connectivity index (χ1v) is 11.3. The minimum atomic E-state index is -0.169. The predicted octanol–water partition coefficient (Wildman–Crippen LogP) is 2.86. The van der Waals surface area contributed by atoms with Crippen LogP contribution >= 0.6 is 0 Å². The zero-order valence-electron chi connectivity index (χ0n) is 18.2. The van der Waals surface area contributed by atoms with Gasteiger partial charge in [0.2, 0.25) is 5.91 Å². The topological polar surface area (TPSA) is 78.4 Å². The summed E-state index contributed by atoms with van der Waals surface area (Å²) in [7, 11) is 0. The molecule has 2 aliphatic rings. The van der Waals surface area contributed by atoms with Gasteiger partial charge in [0, 0.05) is 25.8 Å². The number of nitrogens with one attached hydrogen (secondary N) is 1. The smallest absolute Gasteiger partial charge is 0.254 e.